The first-order valence-electron chi connectivity index (χ1n) is 5.82. The van der Waals surface area contributed by atoms with E-state index in [0.717, 1.165) is 22.6 Å². The average Bonchev–Trinajstić information content (AvgIpc) is 2.95. The molecule has 2 N–H and O–H groups in total. The number of amides is 1. The molecule has 2 aliphatic rings. The van der Waals surface area contributed by atoms with Crippen molar-refractivity contribution in [3.8, 4) is 0 Å². The maximum atomic E-state index is 12.1. The molecule has 1 saturated carbocycles. The van der Waals surface area contributed by atoms with Crippen molar-refractivity contribution >= 4 is 27.7 Å². The molecule has 2 fully saturated rings. The molecule has 0 bridgehead atoms. The van der Waals surface area contributed by atoms with Crippen molar-refractivity contribution in [3.63, 3.8) is 0 Å². The molecular weight excluding hydrogens is 282 g/mol. The Labute approximate surface area is 108 Å². The van der Waals surface area contributed by atoms with Crippen molar-refractivity contribution in [2.75, 3.05) is 11.9 Å². The van der Waals surface area contributed by atoms with Gasteiger partial charge in [0.2, 0.25) is 5.91 Å². The van der Waals surface area contributed by atoms with Crippen LogP contribution in [0.25, 0.3) is 0 Å². The molecule has 0 radical (unpaired) electrons. The highest BCUT2D eigenvalue weighted by atomic mass is 79.9. The van der Waals surface area contributed by atoms with E-state index < -0.39 is 0 Å². The Kier molecular flexibility index (Phi) is 2.67. The van der Waals surface area contributed by atoms with Crippen molar-refractivity contribution in [1.29, 1.82) is 0 Å². The molecule has 0 spiro atoms. The number of aromatic nitrogens is 1. The van der Waals surface area contributed by atoms with Gasteiger partial charge in [-0.1, -0.05) is 6.07 Å². The summed E-state index contributed by atoms with van der Waals surface area (Å²) < 4.78 is 0.738. The molecule has 3 atom stereocenters. The minimum atomic E-state index is -0.0276. The predicted octanol–water partition coefficient (Wildman–Crippen LogP) is 1.70. The normalized spacial score (nSPS) is 29.9. The Morgan fingerprint density at radius 3 is 3.06 bits per heavy atom. The lowest BCUT2D eigenvalue weighted by atomic mass is 10.2. The summed E-state index contributed by atoms with van der Waals surface area (Å²) in [6.07, 6.45) is 1.19. The van der Waals surface area contributed by atoms with Gasteiger partial charge in [0.05, 0.1) is 6.04 Å². The van der Waals surface area contributed by atoms with Crippen LogP contribution < -0.4 is 10.6 Å². The zero-order valence-corrected chi connectivity index (χ0v) is 11.1. The lowest BCUT2D eigenvalue weighted by Gasteiger charge is -2.14. The fraction of sp³-hybridized carbons (Fsp3) is 0.500. The van der Waals surface area contributed by atoms with Gasteiger partial charge in [-0.2, -0.15) is 0 Å². The quantitative estimate of drug-likeness (QED) is 0.817. The fourth-order valence-corrected chi connectivity index (χ4v) is 2.77. The highest BCUT2D eigenvalue weighted by Crippen LogP contribution is 2.45. The number of carbonyl (C=O) groups is 1. The van der Waals surface area contributed by atoms with Crippen LogP contribution in [0.15, 0.2) is 16.7 Å². The Balaban J connectivity index is 1.73. The average molecular weight is 296 g/mol. The van der Waals surface area contributed by atoms with Crippen LogP contribution in [0.2, 0.25) is 0 Å². The number of aryl methyl sites for hydroxylation is 1. The van der Waals surface area contributed by atoms with Gasteiger partial charge in [0.1, 0.15) is 10.4 Å². The molecule has 1 aliphatic heterocycles. The van der Waals surface area contributed by atoms with Crippen molar-refractivity contribution in [3.05, 3.63) is 22.3 Å². The number of piperidine rings is 1. The monoisotopic (exact) mass is 295 g/mol. The van der Waals surface area contributed by atoms with Gasteiger partial charge in [-0.25, -0.2) is 4.98 Å². The minimum Gasteiger partial charge on any atom is -0.309 e. The second kappa shape index (κ2) is 4.07. The summed E-state index contributed by atoms with van der Waals surface area (Å²) in [6.45, 7) is 2.92. The summed E-state index contributed by atoms with van der Waals surface area (Å²) >= 11 is 3.31. The number of carbonyl (C=O) groups excluding carboxylic acids is 1. The van der Waals surface area contributed by atoms with Crippen molar-refractivity contribution in [1.82, 2.24) is 10.3 Å². The molecule has 17 heavy (non-hydrogen) atoms. The number of hydrogen-bond donors (Lipinski definition) is 2. The zero-order chi connectivity index (χ0) is 12.0. The standard InChI is InChI=1S/C12H14BrN3O/c1-6-2-3-9(13)15-11(6)16-12(17)10-8-4-7(8)5-14-10/h2-3,7-8,10,14H,4-5H2,1H3,(H,15,16,17). The summed E-state index contributed by atoms with van der Waals surface area (Å²) in [6, 6.07) is 3.78. The molecular formula is C12H14BrN3O. The molecule has 90 valence electrons. The molecule has 3 unspecified atom stereocenters. The highest BCUT2D eigenvalue weighted by Gasteiger charge is 2.50. The van der Waals surface area contributed by atoms with E-state index in [9.17, 15) is 4.79 Å². The van der Waals surface area contributed by atoms with E-state index in [0.29, 0.717) is 11.7 Å². The second-order valence-corrected chi connectivity index (χ2v) is 5.65. The van der Waals surface area contributed by atoms with Crippen molar-refractivity contribution in [2.45, 2.75) is 19.4 Å². The van der Waals surface area contributed by atoms with Crippen molar-refractivity contribution in [2.24, 2.45) is 11.8 Å². The fourth-order valence-electron chi connectivity index (χ4n) is 2.46. The number of fused-ring (bicyclic) bond motifs is 1. The number of pyridine rings is 1. The number of hydrogen-bond acceptors (Lipinski definition) is 3. The molecule has 4 nitrogen and oxygen atoms in total. The smallest absolute Gasteiger partial charge is 0.242 e. The Hall–Kier alpha value is -0.940. The molecule has 1 aromatic rings. The molecule has 1 amide bonds. The van der Waals surface area contributed by atoms with Gasteiger partial charge >= 0.3 is 0 Å². The van der Waals surface area contributed by atoms with Crippen LogP contribution in [-0.4, -0.2) is 23.5 Å². The van der Waals surface area contributed by atoms with Crippen LogP contribution in [0.4, 0.5) is 5.82 Å². The van der Waals surface area contributed by atoms with E-state index in [2.05, 4.69) is 31.5 Å². The van der Waals surface area contributed by atoms with Crippen molar-refractivity contribution < 1.29 is 4.79 Å². The Morgan fingerprint density at radius 2 is 2.41 bits per heavy atom. The summed E-state index contributed by atoms with van der Waals surface area (Å²) in [5.41, 5.74) is 0.979. The first-order chi connectivity index (χ1) is 8.15. The molecule has 1 aliphatic carbocycles. The second-order valence-electron chi connectivity index (χ2n) is 4.83. The van der Waals surface area contributed by atoms with Crippen LogP contribution in [0.5, 0.6) is 0 Å². The third kappa shape index (κ3) is 2.09. The topological polar surface area (TPSA) is 54.0 Å². The number of nitrogens with one attached hydrogen (secondary N) is 2. The maximum absolute atomic E-state index is 12.1. The van der Waals surface area contributed by atoms with E-state index in [4.69, 9.17) is 0 Å². The summed E-state index contributed by atoms with van der Waals surface area (Å²) in [5.74, 6) is 1.96. The molecule has 3 rings (SSSR count). The number of rotatable bonds is 2. The Bertz CT molecular complexity index is 477. The molecule has 5 heteroatoms. The number of anilines is 1. The van der Waals surface area contributed by atoms with Crippen LogP contribution in [-0.2, 0) is 4.79 Å². The van der Waals surface area contributed by atoms with E-state index in [1.165, 1.54) is 6.42 Å². The summed E-state index contributed by atoms with van der Waals surface area (Å²) in [5, 5.41) is 6.17. The van der Waals surface area contributed by atoms with Gasteiger partial charge in [-0.3, -0.25) is 4.79 Å². The van der Waals surface area contributed by atoms with Crippen LogP contribution in [0.3, 0.4) is 0 Å². The lowest BCUT2D eigenvalue weighted by molar-refractivity contribution is -0.118. The highest BCUT2D eigenvalue weighted by molar-refractivity contribution is 9.10. The van der Waals surface area contributed by atoms with E-state index in [1.54, 1.807) is 0 Å². The Morgan fingerprint density at radius 1 is 1.59 bits per heavy atom. The maximum Gasteiger partial charge on any atom is 0.242 e. The number of nitrogens with zero attached hydrogens (tertiary/aromatic N) is 1. The van der Waals surface area contributed by atoms with Gasteiger partial charge in [0, 0.05) is 0 Å². The van der Waals surface area contributed by atoms with Gasteiger partial charge in [-0.15, -0.1) is 0 Å². The first-order valence-corrected chi connectivity index (χ1v) is 6.62. The largest absolute Gasteiger partial charge is 0.309 e. The first kappa shape index (κ1) is 11.2. The SMILES string of the molecule is Cc1ccc(Br)nc1NC(=O)C1NCC2CC21. The van der Waals surface area contributed by atoms with Gasteiger partial charge in [0.25, 0.3) is 0 Å². The third-order valence-electron chi connectivity index (χ3n) is 3.59. The number of halogens is 1. The van der Waals surface area contributed by atoms with Crippen LogP contribution >= 0.6 is 15.9 Å². The third-order valence-corrected chi connectivity index (χ3v) is 4.03. The molecule has 1 aromatic heterocycles. The lowest BCUT2D eigenvalue weighted by Crippen LogP contribution is -2.39. The minimum absolute atomic E-state index is 0.0276. The summed E-state index contributed by atoms with van der Waals surface area (Å²) in [7, 11) is 0. The van der Waals surface area contributed by atoms with Gasteiger partial charge in [-0.05, 0) is 59.3 Å². The molecule has 0 aromatic carbocycles. The van der Waals surface area contributed by atoms with E-state index in [-0.39, 0.29) is 11.9 Å². The molecule has 1 saturated heterocycles. The van der Waals surface area contributed by atoms with Crippen LogP contribution in [0, 0.1) is 18.8 Å². The molecule has 2 heterocycles. The summed E-state index contributed by atoms with van der Waals surface area (Å²) in [4.78, 5) is 16.4. The van der Waals surface area contributed by atoms with Gasteiger partial charge in [0.15, 0.2) is 0 Å². The van der Waals surface area contributed by atoms with E-state index in [1.807, 2.05) is 19.1 Å². The van der Waals surface area contributed by atoms with Crippen LogP contribution in [0.1, 0.15) is 12.0 Å². The van der Waals surface area contributed by atoms with Gasteiger partial charge < -0.3 is 10.6 Å². The zero-order valence-electron chi connectivity index (χ0n) is 9.53. The predicted molar refractivity (Wildman–Crippen MR) is 68.7 cm³/mol. The van der Waals surface area contributed by atoms with E-state index >= 15 is 0 Å².